The van der Waals surface area contributed by atoms with E-state index in [0.29, 0.717) is 17.5 Å². The van der Waals surface area contributed by atoms with Crippen LogP contribution in [0.5, 0.6) is 0 Å². The van der Waals surface area contributed by atoms with Gasteiger partial charge in [0.05, 0.1) is 11.0 Å². The van der Waals surface area contributed by atoms with Gasteiger partial charge in [0, 0.05) is 51.0 Å². The molecule has 49 heavy (non-hydrogen) atoms. The van der Waals surface area contributed by atoms with E-state index in [2.05, 4.69) is 91.0 Å². The van der Waals surface area contributed by atoms with Gasteiger partial charge in [0.1, 0.15) is 0 Å². The lowest BCUT2D eigenvalue weighted by molar-refractivity contribution is 0.795. The molecule has 7 heteroatoms. The van der Waals surface area contributed by atoms with Crippen molar-refractivity contribution in [2.45, 2.75) is 0 Å². The van der Waals surface area contributed by atoms with Crippen LogP contribution in [0.15, 0.2) is 144 Å². The van der Waals surface area contributed by atoms with E-state index >= 15 is 0 Å². The van der Waals surface area contributed by atoms with Crippen molar-refractivity contribution >= 4 is 42.5 Å². The third kappa shape index (κ3) is 5.03. The van der Waals surface area contributed by atoms with Crippen LogP contribution >= 0.6 is 11.3 Å². The molecule has 9 aromatic rings. The van der Waals surface area contributed by atoms with Gasteiger partial charge in [0.15, 0.2) is 17.5 Å². The minimum absolute atomic E-state index is 0.0365. The number of hydrogen-bond donors (Lipinski definition) is 0. The van der Waals surface area contributed by atoms with Crippen molar-refractivity contribution in [3.05, 3.63) is 150 Å². The molecular weight excluding hydrogens is 623 g/mol. The molecule has 3 heterocycles. The Morgan fingerprint density at radius 1 is 0.429 bits per heavy atom. The van der Waals surface area contributed by atoms with Crippen molar-refractivity contribution in [1.29, 1.82) is 0 Å². The molecule has 3 aromatic heterocycles. The van der Waals surface area contributed by atoms with Crippen molar-refractivity contribution in [3.63, 3.8) is 0 Å². The quantitative estimate of drug-likeness (QED) is 0.186. The van der Waals surface area contributed by atoms with Gasteiger partial charge in [-0.1, -0.05) is 109 Å². The fourth-order valence-corrected chi connectivity index (χ4v) is 7.65. The average molecular weight is 652 g/mol. The number of benzene rings is 6. The van der Waals surface area contributed by atoms with Gasteiger partial charge >= 0.3 is 5.69 Å². The van der Waals surface area contributed by atoms with Crippen molar-refractivity contribution in [2.24, 2.45) is 14.1 Å². The molecule has 0 aliphatic carbocycles. The minimum atomic E-state index is -0.0365. The Morgan fingerprint density at radius 3 is 1.55 bits per heavy atom. The molecule has 0 atom stereocenters. The Labute approximate surface area is 286 Å². The Balaban J connectivity index is 1.08. The average Bonchev–Trinajstić information content (AvgIpc) is 3.64. The topological polar surface area (TPSA) is 65.6 Å². The molecule has 6 nitrogen and oxygen atoms in total. The number of hydrogen-bond acceptors (Lipinski definition) is 5. The number of fused-ring (bicyclic) bond motifs is 4. The van der Waals surface area contributed by atoms with Crippen LogP contribution < -0.4 is 5.69 Å². The molecule has 0 N–H and O–H groups in total. The Kier molecular flexibility index (Phi) is 6.81. The number of thiophene rings is 1. The van der Waals surface area contributed by atoms with Crippen LogP contribution in [-0.2, 0) is 14.1 Å². The van der Waals surface area contributed by atoms with Gasteiger partial charge in [0.2, 0.25) is 0 Å². The van der Waals surface area contributed by atoms with Gasteiger partial charge < -0.3 is 0 Å². The van der Waals surface area contributed by atoms with Crippen molar-refractivity contribution < 1.29 is 0 Å². The van der Waals surface area contributed by atoms with Crippen molar-refractivity contribution in [3.8, 4) is 56.4 Å². The van der Waals surface area contributed by atoms with Gasteiger partial charge in [-0.25, -0.2) is 19.7 Å². The smallest absolute Gasteiger partial charge is 0.295 e. The van der Waals surface area contributed by atoms with Gasteiger partial charge in [-0.3, -0.25) is 9.13 Å². The molecule has 234 valence electrons. The summed E-state index contributed by atoms with van der Waals surface area (Å²) in [6.45, 7) is 0. The van der Waals surface area contributed by atoms with E-state index in [1.54, 1.807) is 23.2 Å². The Morgan fingerprint density at radius 2 is 0.898 bits per heavy atom. The van der Waals surface area contributed by atoms with E-state index in [4.69, 9.17) is 15.0 Å². The number of aromatic nitrogens is 5. The highest BCUT2D eigenvalue weighted by Gasteiger charge is 2.14. The molecule has 0 saturated heterocycles. The zero-order chi connectivity index (χ0) is 33.1. The molecule has 6 aromatic carbocycles. The van der Waals surface area contributed by atoms with E-state index in [0.717, 1.165) is 44.4 Å². The summed E-state index contributed by atoms with van der Waals surface area (Å²) in [6.07, 6.45) is 0. The SMILES string of the molecule is Cn1c(=O)n(C)c2cc(-c3ccc(-c4nc(-c5ccccc5)nc(-c5ccc(-c6ccc7sc8ccccc8c7c6)cc5)n4)cc3)ccc21. The first-order chi connectivity index (χ1) is 24.0. The third-order valence-corrected chi connectivity index (χ3v) is 10.4. The second-order valence-electron chi connectivity index (χ2n) is 12.2. The molecule has 9 rings (SSSR count). The summed E-state index contributed by atoms with van der Waals surface area (Å²) in [6, 6.07) is 48.1. The molecule has 0 fully saturated rings. The molecule has 0 bridgehead atoms. The van der Waals surface area contributed by atoms with E-state index < -0.39 is 0 Å². The second kappa shape index (κ2) is 11.5. The van der Waals surface area contributed by atoms with E-state index in [1.807, 2.05) is 59.9 Å². The summed E-state index contributed by atoms with van der Waals surface area (Å²) in [5, 5.41) is 2.58. The summed E-state index contributed by atoms with van der Waals surface area (Å²) in [7, 11) is 3.60. The largest absolute Gasteiger partial charge is 0.328 e. The van der Waals surface area contributed by atoms with Gasteiger partial charge in [0.25, 0.3) is 0 Å². The summed E-state index contributed by atoms with van der Waals surface area (Å²) in [4.78, 5) is 27.3. The lowest BCUT2D eigenvalue weighted by atomic mass is 10.0. The lowest BCUT2D eigenvalue weighted by Crippen LogP contribution is -2.19. The maximum atomic E-state index is 12.5. The second-order valence-corrected chi connectivity index (χ2v) is 13.3. The van der Waals surface area contributed by atoms with Gasteiger partial charge in [-0.05, 0) is 52.6 Å². The number of imidazole rings is 1. The first-order valence-electron chi connectivity index (χ1n) is 16.1. The maximum Gasteiger partial charge on any atom is 0.328 e. The summed E-state index contributed by atoms with van der Waals surface area (Å²) in [5.41, 5.74) is 8.91. The predicted octanol–water partition coefficient (Wildman–Crippen LogP) is 9.76. The summed E-state index contributed by atoms with van der Waals surface area (Å²) in [5.74, 6) is 1.85. The van der Waals surface area contributed by atoms with E-state index in [1.165, 1.54) is 25.7 Å². The molecule has 0 saturated carbocycles. The van der Waals surface area contributed by atoms with Gasteiger partial charge in [-0.15, -0.1) is 11.3 Å². The van der Waals surface area contributed by atoms with Crippen LogP contribution in [0.2, 0.25) is 0 Å². The van der Waals surface area contributed by atoms with Crippen LogP contribution in [-0.4, -0.2) is 24.1 Å². The monoisotopic (exact) mass is 651 g/mol. The Bertz CT molecular complexity index is 2740. The molecule has 0 unspecified atom stereocenters. The molecule has 0 spiro atoms. The van der Waals surface area contributed by atoms with Crippen LogP contribution in [0.4, 0.5) is 0 Å². The third-order valence-electron chi connectivity index (χ3n) is 9.27. The predicted molar refractivity (Wildman–Crippen MR) is 202 cm³/mol. The van der Waals surface area contributed by atoms with Crippen LogP contribution in [0.25, 0.3) is 87.6 Å². The molecule has 0 radical (unpaired) electrons. The maximum absolute atomic E-state index is 12.5. The fraction of sp³-hybridized carbons (Fsp3) is 0.0476. The van der Waals surface area contributed by atoms with Crippen LogP contribution in [0.1, 0.15) is 0 Å². The van der Waals surface area contributed by atoms with Crippen molar-refractivity contribution in [2.75, 3.05) is 0 Å². The highest BCUT2D eigenvalue weighted by atomic mass is 32.1. The highest BCUT2D eigenvalue weighted by Crippen LogP contribution is 2.37. The molecule has 0 aliphatic heterocycles. The minimum Gasteiger partial charge on any atom is -0.295 e. The zero-order valence-corrected chi connectivity index (χ0v) is 27.6. The number of nitrogens with zero attached hydrogens (tertiary/aromatic N) is 5. The van der Waals surface area contributed by atoms with E-state index in [9.17, 15) is 4.79 Å². The van der Waals surface area contributed by atoms with Crippen LogP contribution in [0, 0.1) is 0 Å². The van der Waals surface area contributed by atoms with Crippen LogP contribution in [0.3, 0.4) is 0 Å². The first-order valence-corrected chi connectivity index (χ1v) is 16.9. The molecule has 0 amide bonds. The highest BCUT2D eigenvalue weighted by molar-refractivity contribution is 7.25. The molecular formula is C42H29N5OS. The van der Waals surface area contributed by atoms with Gasteiger partial charge in [-0.2, -0.15) is 0 Å². The summed E-state index contributed by atoms with van der Waals surface area (Å²) >= 11 is 1.83. The van der Waals surface area contributed by atoms with E-state index in [-0.39, 0.29) is 5.69 Å². The zero-order valence-electron chi connectivity index (χ0n) is 26.8. The first kappa shape index (κ1) is 29.0. The number of aryl methyl sites for hydroxylation is 2. The standard InChI is InChI=1S/C42H29N5OS/c1-46-35-22-20-32(25-36(35)47(2)42(46)48)27-14-18-30(19-15-27)41-44-39(28-8-4-3-5-9-28)43-40(45-41)29-16-12-26(13-17-29)31-21-23-38-34(24-31)33-10-6-7-11-37(33)49-38/h3-25H,1-2H3. The normalized spacial score (nSPS) is 11.6. The molecule has 0 aliphatic rings. The summed E-state index contributed by atoms with van der Waals surface area (Å²) < 4.78 is 5.96. The van der Waals surface area contributed by atoms with Crippen molar-refractivity contribution in [1.82, 2.24) is 24.1 Å². The Hall–Kier alpha value is -6.18. The lowest BCUT2D eigenvalue weighted by Gasteiger charge is -2.10. The number of rotatable bonds is 5. The fourth-order valence-electron chi connectivity index (χ4n) is 6.57.